The third-order valence-corrected chi connectivity index (χ3v) is 9.44. The Balaban J connectivity index is 1.43. The molecule has 45 heavy (non-hydrogen) atoms. The molecule has 9 heteroatoms. The lowest BCUT2D eigenvalue weighted by molar-refractivity contribution is 1.19. The predicted molar refractivity (Wildman–Crippen MR) is 186 cm³/mol. The number of hydrogen-bond acceptors (Lipinski definition) is 6. The fourth-order valence-electron chi connectivity index (χ4n) is 6.37. The maximum atomic E-state index is 5.15. The quantitative estimate of drug-likeness (QED) is 0.154. The highest BCUT2D eigenvalue weighted by atomic mass is 127. The zero-order valence-corrected chi connectivity index (χ0v) is 25.5. The van der Waals surface area contributed by atoms with Gasteiger partial charge in [-0.1, -0.05) is 84.9 Å². The molecule has 8 aromatic rings. The van der Waals surface area contributed by atoms with Crippen LogP contribution in [0, 0.1) is 3.57 Å². The number of halogens is 1. The van der Waals surface area contributed by atoms with Crippen LogP contribution in [-0.4, -0.2) is 39.9 Å². The number of aromatic nitrogens is 8. The zero-order chi connectivity index (χ0) is 29.6. The highest BCUT2D eigenvalue weighted by Gasteiger charge is 2.22. The third kappa shape index (κ3) is 3.70. The van der Waals surface area contributed by atoms with Crippen molar-refractivity contribution in [2.45, 2.75) is 0 Å². The van der Waals surface area contributed by atoms with Crippen molar-refractivity contribution in [3.8, 4) is 45.6 Å². The monoisotopic (exact) mass is 690 g/mol. The minimum atomic E-state index is 0.592. The van der Waals surface area contributed by atoms with Crippen LogP contribution < -0.4 is 0 Å². The van der Waals surface area contributed by atoms with Gasteiger partial charge in [-0.3, -0.25) is 0 Å². The molecule has 0 fully saturated rings. The molecule has 5 heterocycles. The van der Waals surface area contributed by atoms with Crippen molar-refractivity contribution in [3.63, 3.8) is 0 Å². The van der Waals surface area contributed by atoms with Gasteiger partial charge in [0, 0.05) is 47.4 Å². The maximum absolute atomic E-state index is 5.15. The number of nitrogens with one attached hydrogen (secondary N) is 2. The Hall–Kier alpha value is -5.55. The first-order chi connectivity index (χ1) is 22.2. The van der Waals surface area contributed by atoms with Gasteiger partial charge >= 0.3 is 0 Å². The fourth-order valence-corrected chi connectivity index (χ4v) is 7.05. The summed E-state index contributed by atoms with van der Waals surface area (Å²) in [5.74, 6) is 2.37. The molecule has 5 aromatic carbocycles. The van der Waals surface area contributed by atoms with Crippen LogP contribution in [-0.2, 0) is 0 Å². The van der Waals surface area contributed by atoms with Crippen LogP contribution >= 0.6 is 22.6 Å². The standard InChI is InChI=1S/C36H19IN8/c37-28-15-7-8-18-16-26-27(17-25(18)28)36-44-34-24-14-6-4-12-22(24)32(42-34)40-30-20-10-2-1-9-19(20)29(38-30)39-31-21-11-3-5-13-23(21)33(41-31)43-35(26)45-36/h1-17H,(H2,38,39,40,41,42,43,44,45). The third-order valence-electron chi connectivity index (χ3n) is 8.50. The second-order valence-electron chi connectivity index (χ2n) is 11.1. The molecule has 2 aliphatic heterocycles. The van der Waals surface area contributed by atoms with Crippen molar-refractivity contribution in [1.82, 2.24) is 39.9 Å². The molecule has 2 aliphatic rings. The summed E-state index contributed by atoms with van der Waals surface area (Å²) in [5.41, 5.74) is 6.41. The van der Waals surface area contributed by atoms with Gasteiger partial charge in [-0.25, -0.2) is 29.9 Å². The number of nitrogens with zero attached hydrogens (tertiary/aromatic N) is 6. The summed E-state index contributed by atoms with van der Waals surface area (Å²) in [6.07, 6.45) is 0. The van der Waals surface area contributed by atoms with E-state index < -0.39 is 0 Å². The summed E-state index contributed by atoms with van der Waals surface area (Å²) in [7, 11) is 0. The van der Waals surface area contributed by atoms with Crippen molar-refractivity contribution in [2.75, 3.05) is 0 Å². The van der Waals surface area contributed by atoms with E-state index in [4.69, 9.17) is 29.9 Å². The molecule has 0 aliphatic carbocycles. The molecule has 8 bridgehead atoms. The van der Waals surface area contributed by atoms with Crippen LogP contribution in [0.2, 0.25) is 0 Å². The summed E-state index contributed by atoms with van der Waals surface area (Å²) >= 11 is 2.39. The lowest BCUT2D eigenvalue weighted by atomic mass is 10.1. The molecule has 0 saturated carbocycles. The second kappa shape index (κ2) is 9.23. The number of aromatic amines is 2. The molecule has 0 unspecified atom stereocenters. The number of benzene rings is 5. The molecule has 0 radical (unpaired) electrons. The number of hydrogen-bond donors (Lipinski definition) is 2. The summed E-state index contributed by atoms with van der Waals surface area (Å²) in [4.78, 5) is 37.4. The van der Waals surface area contributed by atoms with E-state index in [1.807, 2.05) is 72.8 Å². The normalized spacial score (nSPS) is 12.1. The van der Waals surface area contributed by atoms with Crippen molar-refractivity contribution < 1.29 is 0 Å². The highest BCUT2D eigenvalue weighted by molar-refractivity contribution is 14.1. The van der Waals surface area contributed by atoms with Gasteiger partial charge in [0.25, 0.3) is 0 Å². The topological polar surface area (TPSA) is 109 Å². The molecule has 10 rings (SSSR count). The molecule has 0 saturated heterocycles. The number of H-pyrrole nitrogens is 2. The lowest BCUT2D eigenvalue weighted by Gasteiger charge is -2.01. The minimum Gasteiger partial charge on any atom is -0.324 e. The Labute approximate surface area is 268 Å². The fraction of sp³-hybridized carbons (Fsp3) is 0. The molecule has 8 nitrogen and oxygen atoms in total. The van der Waals surface area contributed by atoms with Crippen LogP contribution in [0.25, 0.3) is 100 Å². The van der Waals surface area contributed by atoms with Crippen molar-refractivity contribution in [2.24, 2.45) is 0 Å². The molecular formula is C36H19IN8. The SMILES string of the molecule is Ic1cccc2cc3c4nc5nc(nc6[nH]c(nc7nc(nc([nH]4)c3cc12)-c1ccccc1-7)c1ccccc61)-c1ccccc1-5. The average molecular weight is 691 g/mol. The molecule has 0 atom stereocenters. The average Bonchev–Trinajstić information content (AvgIpc) is 3.80. The van der Waals surface area contributed by atoms with Gasteiger partial charge in [0.2, 0.25) is 0 Å². The van der Waals surface area contributed by atoms with E-state index in [0.29, 0.717) is 45.9 Å². The van der Waals surface area contributed by atoms with Gasteiger partial charge in [-0.05, 0) is 51.6 Å². The van der Waals surface area contributed by atoms with E-state index in [0.717, 1.165) is 54.6 Å². The lowest BCUT2D eigenvalue weighted by Crippen LogP contribution is -1.82. The Morgan fingerprint density at radius 3 is 1.29 bits per heavy atom. The van der Waals surface area contributed by atoms with Gasteiger partial charge in [-0.15, -0.1) is 0 Å². The summed E-state index contributed by atoms with van der Waals surface area (Å²) in [6, 6.07) is 34.9. The highest BCUT2D eigenvalue weighted by Crippen LogP contribution is 2.37. The Morgan fingerprint density at radius 1 is 0.378 bits per heavy atom. The Morgan fingerprint density at radius 2 is 0.800 bits per heavy atom. The molecular weight excluding hydrogens is 671 g/mol. The van der Waals surface area contributed by atoms with Gasteiger partial charge in [-0.2, -0.15) is 0 Å². The van der Waals surface area contributed by atoms with E-state index in [1.165, 1.54) is 3.57 Å². The summed E-state index contributed by atoms with van der Waals surface area (Å²) in [6.45, 7) is 0. The summed E-state index contributed by atoms with van der Waals surface area (Å²) < 4.78 is 1.17. The molecule has 0 spiro atoms. The smallest absolute Gasteiger partial charge is 0.164 e. The Bertz CT molecular complexity index is 2740. The predicted octanol–water partition coefficient (Wildman–Crippen LogP) is 8.63. The molecule has 3 aromatic heterocycles. The minimum absolute atomic E-state index is 0.592. The number of fused-ring (bicyclic) bond motifs is 21. The maximum Gasteiger partial charge on any atom is 0.164 e. The van der Waals surface area contributed by atoms with E-state index in [2.05, 4.69) is 62.9 Å². The van der Waals surface area contributed by atoms with Gasteiger partial charge in [0.05, 0.1) is 0 Å². The van der Waals surface area contributed by atoms with Crippen molar-refractivity contribution in [3.05, 3.63) is 107 Å². The van der Waals surface area contributed by atoms with Crippen LogP contribution in [0.5, 0.6) is 0 Å². The van der Waals surface area contributed by atoms with E-state index in [9.17, 15) is 0 Å². The Kier molecular flexibility index (Phi) is 5.09. The first kappa shape index (κ1) is 24.8. The van der Waals surface area contributed by atoms with Gasteiger partial charge < -0.3 is 9.97 Å². The first-order valence-corrected chi connectivity index (χ1v) is 15.6. The second-order valence-corrected chi connectivity index (χ2v) is 12.3. The van der Waals surface area contributed by atoms with Crippen molar-refractivity contribution >= 4 is 77.5 Å². The van der Waals surface area contributed by atoms with Crippen molar-refractivity contribution in [1.29, 1.82) is 0 Å². The van der Waals surface area contributed by atoms with Crippen LogP contribution in [0.4, 0.5) is 0 Å². The largest absolute Gasteiger partial charge is 0.324 e. The first-order valence-electron chi connectivity index (χ1n) is 14.5. The molecule has 0 amide bonds. The van der Waals surface area contributed by atoms with Gasteiger partial charge in [0.15, 0.2) is 23.3 Å². The van der Waals surface area contributed by atoms with Crippen LogP contribution in [0.15, 0.2) is 103 Å². The van der Waals surface area contributed by atoms with Crippen LogP contribution in [0.3, 0.4) is 0 Å². The molecule has 2 N–H and O–H groups in total. The summed E-state index contributed by atoms with van der Waals surface area (Å²) in [5, 5.41) is 6.10. The van der Waals surface area contributed by atoms with E-state index in [-0.39, 0.29) is 0 Å². The van der Waals surface area contributed by atoms with E-state index >= 15 is 0 Å². The van der Waals surface area contributed by atoms with E-state index in [1.54, 1.807) is 0 Å². The van der Waals surface area contributed by atoms with Gasteiger partial charge in [0.1, 0.15) is 22.6 Å². The molecule has 210 valence electrons. The number of rotatable bonds is 0. The zero-order valence-electron chi connectivity index (χ0n) is 23.4. The van der Waals surface area contributed by atoms with Crippen LogP contribution in [0.1, 0.15) is 0 Å².